The second kappa shape index (κ2) is 7.21. The van der Waals surface area contributed by atoms with Crippen molar-refractivity contribution in [2.45, 2.75) is 17.7 Å². The number of hydrogen-bond acceptors (Lipinski definition) is 6. The van der Waals surface area contributed by atoms with Gasteiger partial charge in [0.15, 0.2) is 4.90 Å². The van der Waals surface area contributed by atoms with E-state index in [0.29, 0.717) is 0 Å². The van der Waals surface area contributed by atoms with E-state index in [9.17, 15) is 38.3 Å². The second-order valence-electron chi connectivity index (χ2n) is 3.80. The van der Waals surface area contributed by atoms with Crippen molar-refractivity contribution in [1.82, 2.24) is 0 Å². The van der Waals surface area contributed by atoms with Crippen LogP contribution in [0.3, 0.4) is 0 Å². The second-order valence-corrected chi connectivity index (χ2v) is 8.04. The van der Waals surface area contributed by atoms with Crippen LogP contribution in [-0.2, 0) is 18.6 Å². The van der Waals surface area contributed by atoms with Crippen molar-refractivity contribution in [3.05, 3.63) is 0 Å². The Balaban J connectivity index is 5.35. The summed E-state index contributed by atoms with van der Waals surface area (Å²) in [4.78, 5) is 54.2. The first-order valence-electron chi connectivity index (χ1n) is 5.16. The predicted octanol–water partition coefficient (Wildman–Crippen LogP) is 0.207. The van der Waals surface area contributed by atoms with Crippen LogP contribution in [0.5, 0.6) is 0 Å². The maximum atomic E-state index is 11.4. The first-order valence-corrected chi connectivity index (χ1v) is 8.39. The summed E-state index contributed by atoms with van der Waals surface area (Å²) in [5.41, 5.74) is 0. The maximum absolute atomic E-state index is 11.4. The minimum atomic E-state index is -5.46. The number of rotatable bonds is 8. The summed E-state index contributed by atoms with van der Waals surface area (Å²) >= 11 is 0. The van der Waals surface area contributed by atoms with E-state index >= 15 is 0 Å². The van der Waals surface area contributed by atoms with Gasteiger partial charge in [-0.1, -0.05) is 0 Å². The lowest BCUT2D eigenvalue weighted by Crippen LogP contribution is -2.33. The molecule has 0 rings (SSSR count). The monoisotopic (exact) mass is 352 g/mol. The van der Waals surface area contributed by atoms with Crippen LogP contribution in [0, 0.1) is 0 Å². The Hall–Kier alpha value is -1.16. The molecule has 0 aliphatic rings. The third kappa shape index (κ3) is 5.62. The van der Waals surface area contributed by atoms with Gasteiger partial charge in [0.05, 0.1) is 13.2 Å². The Bertz CT molecular complexity index is 430. The SMILES string of the molecule is O=C(O)OCCC(CCOC(=O)O)(P(=O)(O)O)P(=O)(O)O. The molecule has 0 saturated carbocycles. The Labute approximate surface area is 117 Å². The molecule has 0 aromatic rings. The molecule has 0 amide bonds. The maximum Gasteiger partial charge on any atom is 0.505 e. The van der Waals surface area contributed by atoms with Crippen molar-refractivity contribution < 1.29 is 58.0 Å². The van der Waals surface area contributed by atoms with E-state index in [1.165, 1.54) is 0 Å². The van der Waals surface area contributed by atoms with Crippen molar-refractivity contribution in [3.63, 3.8) is 0 Å². The van der Waals surface area contributed by atoms with Crippen molar-refractivity contribution in [2.75, 3.05) is 13.2 Å². The quantitative estimate of drug-likeness (QED) is 0.256. The van der Waals surface area contributed by atoms with Gasteiger partial charge in [0.2, 0.25) is 0 Å². The summed E-state index contributed by atoms with van der Waals surface area (Å²) in [5, 5.41) is 16.5. The molecule has 0 bridgehead atoms. The van der Waals surface area contributed by atoms with E-state index in [2.05, 4.69) is 9.47 Å². The lowest BCUT2D eigenvalue weighted by Gasteiger charge is -2.33. The zero-order chi connectivity index (χ0) is 16.9. The Morgan fingerprint density at radius 2 is 1.10 bits per heavy atom. The van der Waals surface area contributed by atoms with Crippen LogP contribution in [0.2, 0.25) is 0 Å². The van der Waals surface area contributed by atoms with Crippen molar-refractivity contribution >= 4 is 27.5 Å². The minimum Gasteiger partial charge on any atom is -0.450 e. The Kier molecular flexibility index (Phi) is 6.81. The number of ether oxygens (including phenoxy) is 2. The number of carbonyl (C=O) groups is 2. The Morgan fingerprint density at radius 1 is 0.810 bits per heavy atom. The molecule has 21 heavy (non-hydrogen) atoms. The lowest BCUT2D eigenvalue weighted by molar-refractivity contribution is 0.0795. The molecule has 0 unspecified atom stereocenters. The molecule has 0 heterocycles. The minimum absolute atomic E-state index is 0.904. The first-order chi connectivity index (χ1) is 9.33. The summed E-state index contributed by atoms with van der Waals surface area (Å²) in [6.07, 6.45) is -5.64. The van der Waals surface area contributed by atoms with Crippen LogP contribution in [0.4, 0.5) is 9.59 Å². The molecule has 12 nitrogen and oxygen atoms in total. The molecule has 0 atom stereocenters. The fraction of sp³-hybridized carbons (Fsp3) is 0.714. The molecule has 0 aliphatic carbocycles. The number of carboxylic acid groups (broad SMARTS) is 2. The third-order valence-corrected chi connectivity index (χ3v) is 7.17. The van der Waals surface area contributed by atoms with Crippen LogP contribution in [-0.4, -0.2) is 60.2 Å². The molecule has 0 spiro atoms. The summed E-state index contributed by atoms with van der Waals surface area (Å²) < 4.78 is 30.9. The van der Waals surface area contributed by atoms with Gasteiger partial charge in [-0.15, -0.1) is 0 Å². The van der Waals surface area contributed by atoms with Gasteiger partial charge in [-0.2, -0.15) is 0 Å². The molecule has 0 fully saturated rings. The molecule has 0 aromatic carbocycles. The van der Waals surface area contributed by atoms with E-state index in [1.807, 2.05) is 0 Å². The van der Waals surface area contributed by atoms with Crippen LogP contribution in [0.25, 0.3) is 0 Å². The average molecular weight is 352 g/mol. The molecule has 14 heteroatoms. The van der Waals surface area contributed by atoms with Crippen molar-refractivity contribution in [3.8, 4) is 0 Å². The van der Waals surface area contributed by atoms with Gasteiger partial charge in [0.25, 0.3) is 0 Å². The zero-order valence-corrected chi connectivity index (χ0v) is 12.1. The number of hydrogen-bond donors (Lipinski definition) is 6. The normalized spacial score (nSPS) is 12.8. The molecule has 124 valence electrons. The topological polar surface area (TPSA) is 208 Å². The van der Waals surface area contributed by atoms with Gasteiger partial charge >= 0.3 is 27.5 Å². The van der Waals surface area contributed by atoms with Gasteiger partial charge in [0, 0.05) is 12.8 Å². The van der Waals surface area contributed by atoms with Gasteiger partial charge in [0.1, 0.15) is 0 Å². The zero-order valence-electron chi connectivity index (χ0n) is 10.4. The third-order valence-electron chi connectivity index (χ3n) is 2.54. The Morgan fingerprint density at radius 3 is 1.29 bits per heavy atom. The van der Waals surface area contributed by atoms with Crippen LogP contribution in [0.15, 0.2) is 0 Å². The fourth-order valence-corrected chi connectivity index (χ4v) is 4.37. The summed E-state index contributed by atoms with van der Waals surface area (Å²) in [6, 6.07) is 0. The van der Waals surface area contributed by atoms with E-state index in [1.54, 1.807) is 0 Å². The molecule has 0 radical (unpaired) electrons. The highest BCUT2D eigenvalue weighted by Gasteiger charge is 2.59. The smallest absolute Gasteiger partial charge is 0.450 e. The highest BCUT2D eigenvalue weighted by molar-refractivity contribution is 7.72. The van der Waals surface area contributed by atoms with Crippen LogP contribution < -0.4 is 0 Å². The van der Waals surface area contributed by atoms with Crippen LogP contribution >= 0.6 is 15.2 Å². The van der Waals surface area contributed by atoms with E-state index in [-0.39, 0.29) is 0 Å². The molecule has 0 saturated heterocycles. The van der Waals surface area contributed by atoms with Gasteiger partial charge in [-0.3, -0.25) is 9.13 Å². The molecule has 0 aliphatic heterocycles. The predicted molar refractivity (Wildman–Crippen MR) is 64.0 cm³/mol. The molecular formula is C7H14O12P2. The van der Waals surface area contributed by atoms with E-state index in [4.69, 9.17) is 10.2 Å². The summed E-state index contributed by atoms with van der Waals surface area (Å²) in [5.74, 6) is 0. The average Bonchev–Trinajstić information content (AvgIpc) is 2.22. The van der Waals surface area contributed by atoms with Gasteiger partial charge < -0.3 is 39.3 Å². The van der Waals surface area contributed by atoms with E-state index < -0.39 is 58.5 Å². The first kappa shape index (κ1) is 19.8. The summed E-state index contributed by atoms with van der Waals surface area (Å²) in [7, 11) is -10.9. The highest BCUT2D eigenvalue weighted by atomic mass is 31.2. The molecule has 6 N–H and O–H groups in total. The van der Waals surface area contributed by atoms with E-state index in [0.717, 1.165) is 0 Å². The fourth-order valence-electron chi connectivity index (χ4n) is 1.48. The van der Waals surface area contributed by atoms with Crippen molar-refractivity contribution in [1.29, 1.82) is 0 Å². The van der Waals surface area contributed by atoms with Gasteiger partial charge in [-0.25, -0.2) is 9.59 Å². The lowest BCUT2D eigenvalue weighted by atomic mass is 10.2. The molecule has 0 aromatic heterocycles. The standard InChI is InChI=1S/C7H14O12P2/c8-5(9)18-3-1-7(20(12,13)14,21(15,16)17)2-4-19-6(10)11/h1-4H2,(H,8,9)(H,10,11)(H2,12,13,14)(H2,15,16,17). The van der Waals surface area contributed by atoms with Crippen molar-refractivity contribution in [2.24, 2.45) is 0 Å². The van der Waals surface area contributed by atoms with Crippen LogP contribution in [0.1, 0.15) is 12.8 Å². The van der Waals surface area contributed by atoms with Gasteiger partial charge in [-0.05, 0) is 0 Å². The summed E-state index contributed by atoms with van der Waals surface area (Å²) in [6.45, 7) is -1.81. The molecular weight excluding hydrogens is 338 g/mol. The highest BCUT2D eigenvalue weighted by Crippen LogP contribution is 2.72. The largest absolute Gasteiger partial charge is 0.505 e.